The summed E-state index contributed by atoms with van der Waals surface area (Å²) in [7, 11) is 0. The third-order valence-electron chi connectivity index (χ3n) is 4.78. The smallest absolute Gasteiger partial charge is 0.314 e. The van der Waals surface area contributed by atoms with Crippen LogP contribution in [0.3, 0.4) is 0 Å². The highest BCUT2D eigenvalue weighted by Crippen LogP contribution is 2.45. The van der Waals surface area contributed by atoms with Crippen LogP contribution in [0.2, 0.25) is 0 Å². The summed E-state index contributed by atoms with van der Waals surface area (Å²) >= 11 is 3.48. The van der Waals surface area contributed by atoms with E-state index in [9.17, 15) is 13.2 Å². The number of halogens is 6. The molecule has 3 rings (SSSR count). The topological polar surface area (TPSA) is 15.3 Å². The van der Waals surface area contributed by atoms with Gasteiger partial charge in [0.25, 0.3) is 0 Å². The van der Waals surface area contributed by atoms with Crippen LogP contribution in [-0.2, 0) is 6.18 Å². The van der Waals surface area contributed by atoms with Crippen molar-refractivity contribution >= 4 is 40.7 Å². The first-order valence-corrected chi connectivity index (χ1v) is 8.57. The average molecular weight is 450 g/mol. The number of benzene rings is 1. The van der Waals surface area contributed by atoms with E-state index in [1.807, 2.05) is 0 Å². The maximum absolute atomic E-state index is 13.1. The van der Waals surface area contributed by atoms with Crippen LogP contribution < -0.4 is 5.32 Å². The third kappa shape index (κ3) is 4.79. The molecule has 0 spiro atoms. The van der Waals surface area contributed by atoms with Gasteiger partial charge < -0.3 is 5.32 Å². The Morgan fingerprint density at radius 1 is 1.12 bits per heavy atom. The van der Waals surface area contributed by atoms with Gasteiger partial charge in [0.05, 0.1) is 5.56 Å². The summed E-state index contributed by atoms with van der Waals surface area (Å²) in [6.07, 6.45) is -0.887. The second-order valence-corrected chi connectivity index (χ2v) is 7.01. The maximum Gasteiger partial charge on any atom is 0.416 e. The van der Waals surface area contributed by atoms with E-state index in [1.54, 1.807) is 6.07 Å². The van der Waals surface area contributed by atoms with Crippen molar-refractivity contribution in [2.45, 2.75) is 31.5 Å². The van der Waals surface area contributed by atoms with Gasteiger partial charge in [0.15, 0.2) is 0 Å². The molecule has 1 aromatic rings. The van der Waals surface area contributed by atoms with Gasteiger partial charge in [0.2, 0.25) is 0 Å². The Morgan fingerprint density at radius 2 is 1.75 bits per heavy atom. The molecule has 1 atom stereocenters. The van der Waals surface area contributed by atoms with Crippen LogP contribution >= 0.6 is 40.7 Å². The fourth-order valence-corrected chi connectivity index (χ4v) is 3.89. The van der Waals surface area contributed by atoms with Crippen LogP contribution in [0.25, 0.3) is 0 Å². The molecule has 1 aliphatic heterocycles. The summed E-state index contributed by atoms with van der Waals surface area (Å²) in [5.41, 5.74) is 0.242. The molecule has 1 aliphatic carbocycles. The lowest BCUT2D eigenvalue weighted by Crippen LogP contribution is -2.48. The summed E-state index contributed by atoms with van der Waals surface area (Å²) in [6, 6.07) is 4.14. The Bertz CT molecular complexity index is 533. The van der Waals surface area contributed by atoms with Gasteiger partial charge in [-0.2, -0.15) is 13.2 Å². The molecule has 1 saturated heterocycles. The molecule has 24 heavy (non-hydrogen) atoms. The van der Waals surface area contributed by atoms with Crippen LogP contribution in [0.4, 0.5) is 13.2 Å². The molecular formula is C16H22BrCl2F3N2. The molecule has 1 heterocycles. The first-order valence-electron chi connectivity index (χ1n) is 7.78. The highest BCUT2D eigenvalue weighted by Gasteiger charge is 2.37. The van der Waals surface area contributed by atoms with Crippen molar-refractivity contribution < 1.29 is 13.2 Å². The zero-order chi connectivity index (χ0) is 15.7. The van der Waals surface area contributed by atoms with Crippen molar-refractivity contribution in [3.8, 4) is 0 Å². The predicted molar refractivity (Wildman–Crippen MR) is 98.2 cm³/mol. The Balaban J connectivity index is 0.00000144. The van der Waals surface area contributed by atoms with Gasteiger partial charge in [0.1, 0.15) is 0 Å². The van der Waals surface area contributed by atoms with Gasteiger partial charge in [0, 0.05) is 36.7 Å². The number of rotatable bonds is 3. The molecule has 8 heteroatoms. The van der Waals surface area contributed by atoms with Crippen LogP contribution in [0.5, 0.6) is 0 Å². The second-order valence-electron chi connectivity index (χ2n) is 6.16. The van der Waals surface area contributed by atoms with E-state index in [-0.39, 0.29) is 30.9 Å². The lowest BCUT2D eigenvalue weighted by molar-refractivity contribution is -0.137. The SMILES string of the molecule is Cl.Cl.FC(F)(F)c1ccc(Br)c([C@@H](C2CCC2)N2CCNCC2)c1. The largest absolute Gasteiger partial charge is 0.416 e. The van der Waals surface area contributed by atoms with E-state index in [1.165, 1.54) is 12.5 Å². The van der Waals surface area contributed by atoms with Gasteiger partial charge in [-0.1, -0.05) is 22.4 Å². The van der Waals surface area contributed by atoms with Crippen LogP contribution in [0, 0.1) is 5.92 Å². The normalized spacial score (nSPS) is 20.5. The zero-order valence-corrected chi connectivity index (χ0v) is 16.3. The molecule has 0 bridgehead atoms. The number of nitrogens with one attached hydrogen (secondary N) is 1. The molecule has 0 unspecified atom stereocenters. The summed E-state index contributed by atoms with van der Waals surface area (Å²) in [4.78, 5) is 2.35. The molecule has 0 aromatic heterocycles. The lowest BCUT2D eigenvalue weighted by Gasteiger charge is -2.43. The molecule has 1 aromatic carbocycles. The van der Waals surface area contributed by atoms with Crippen molar-refractivity contribution in [3.05, 3.63) is 33.8 Å². The Hall–Kier alpha value is -0.0100. The average Bonchev–Trinajstić information content (AvgIpc) is 2.43. The number of alkyl halides is 3. The van der Waals surface area contributed by atoms with Crippen molar-refractivity contribution in [2.24, 2.45) is 5.92 Å². The van der Waals surface area contributed by atoms with Gasteiger partial charge in [-0.25, -0.2) is 0 Å². The molecule has 2 nitrogen and oxygen atoms in total. The van der Waals surface area contributed by atoms with Gasteiger partial charge >= 0.3 is 6.18 Å². The zero-order valence-electron chi connectivity index (χ0n) is 13.1. The molecule has 2 fully saturated rings. The van der Waals surface area contributed by atoms with E-state index in [4.69, 9.17) is 0 Å². The van der Waals surface area contributed by atoms with Crippen LogP contribution in [0.15, 0.2) is 22.7 Å². The van der Waals surface area contributed by atoms with E-state index in [0.29, 0.717) is 5.92 Å². The minimum atomic E-state index is -4.29. The molecule has 0 radical (unpaired) electrons. The quantitative estimate of drug-likeness (QED) is 0.693. The Morgan fingerprint density at radius 3 is 2.25 bits per heavy atom. The van der Waals surface area contributed by atoms with Gasteiger partial charge in [-0.05, 0) is 42.5 Å². The second kappa shape index (κ2) is 9.08. The van der Waals surface area contributed by atoms with Crippen molar-refractivity contribution in [1.82, 2.24) is 10.2 Å². The van der Waals surface area contributed by atoms with Crippen molar-refractivity contribution in [3.63, 3.8) is 0 Å². The fraction of sp³-hybridized carbons (Fsp3) is 0.625. The summed E-state index contributed by atoms with van der Waals surface area (Å²) in [5.74, 6) is 0.470. The number of hydrogen-bond donors (Lipinski definition) is 1. The maximum atomic E-state index is 13.1. The summed E-state index contributed by atoms with van der Waals surface area (Å²) in [6.45, 7) is 3.59. The summed E-state index contributed by atoms with van der Waals surface area (Å²) in [5, 5.41) is 3.31. The Labute approximate surface area is 161 Å². The van der Waals surface area contributed by atoms with E-state index in [2.05, 4.69) is 26.1 Å². The minimum absolute atomic E-state index is 0. The fourth-order valence-electron chi connectivity index (χ4n) is 3.41. The number of piperazine rings is 1. The highest BCUT2D eigenvalue weighted by atomic mass is 79.9. The molecule has 0 amide bonds. The van der Waals surface area contributed by atoms with Gasteiger partial charge in [-0.3, -0.25) is 4.90 Å². The lowest BCUT2D eigenvalue weighted by atomic mass is 9.76. The van der Waals surface area contributed by atoms with E-state index < -0.39 is 11.7 Å². The molecule has 2 aliphatic rings. The first kappa shape index (κ1) is 22.0. The van der Waals surface area contributed by atoms with E-state index in [0.717, 1.165) is 55.1 Å². The minimum Gasteiger partial charge on any atom is -0.314 e. The highest BCUT2D eigenvalue weighted by molar-refractivity contribution is 9.10. The van der Waals surface area contributed by atoms with E-state index >= 15 is 0 Å². The van der Waals surface area contributed by atoms with Crippen LogP contribution in [-0.4, -0.2) is 31.1 Å². The Kier molecular flexibility index (Phi) is 8.34. The van der Waals surface area contributed by atoms with Crippen molar-refractivity contribution in [2.75, 3.05) is 26.2 Å². The third-order valence-corrected chi connectivity index (χ3v) is 5.51. The molecule has 1 N–H and O–H groups in total. The monoisotopic (exact) mass is 448 g/mol. The molecule has 1 saturated carbocycles. The molecule has 138 valence electrons. The first-order chi connectivity index (χ1) is 10.5. The number of nitrogens with zero attached hydrogens (tertiary/aromatic N) is 1. The number of hydrogen-bond acceptors (Lipinski definition) is 2. The predicted octanol–water partition coefficient (Wildman–Crippen LogP) is 5.06. The molecular weight excluding hydrogens is 428 g/mol. The van der Waals surface area contributed by atoms with Crippen molar-refractivity contribution in [1.29, 1.82) is 0 Å². The van der Waals surface area contributed by atoms with Crippen LogP contribution in [0.1, 0.15) is 36.4 Å². The summed E-state index contributed by atoms with van der Waals surface area (Å²) < 4.78 is 40.0. The van der Waals surface area contributed by atoms with Gasteiger partial charge in [-0.15, -0.1) is 24.8 Å². The standard InChI is InChI=1S/C16H20BrF3N2.2ClH/c17-14-5-4-12(16(18,19)20)10-13(14)15(11-2-1-3-11)22-8-6-21-7-9-22;;/h4-5,10-11,15,21H,1-3,6-9H2;2*1H/t15-;;/m1../s1.